The molecule has 0 aromatic heterocycles. The van der Waals surface area contributed by atoms with Crippen molar-refractivity contribution < 1.29 is 13.2 Å². The Balaban J connectivity index is 0.00000264. The van der Waals surface area contributed by atoms with Crippen LogP contribution in [0.1, 0.15) is 37.4 Å². The maximum Gasteiger partial charge on any atom is 0.416 e. The molecule has 24 heavy (non-hydrogen) atoms. The minimum Gasteiger partial charge on any atom is -0.314 e. The maximum atomic E-state index is 13.0. The number of nitrogens with zero attached hydrogens (tertiary/aromatic N) is 1. The topological polar surface area (TPSA) is 15.3 Å². The Morgan fingerprint density at radius 1 is 1.12 bits per heavy atom. The van der Waals surface area contributed by atoms with Crippen molar-refractivity contribution in [2.75, 3.05) is 26.2 Å². The highest BCUT2D eigenvalue weighted by molar-refractivity contribution is 6.30. The van der Waals surface area contributed by atoms with Crippen molar-refractivity contribution >= 4 is 36.4 Å². The van der Waals surface area contributed by atoms with Gasteiger partial charge in [-0.15, -0.1) is 24.8 Å². The van der Waals surface area contributed by atoms with Crippen LogP contribution in [0, 0.1) is 5.92 Å². The van der Waals surface area contributed by atoms with Crippen molar-refractivity contribution in [3.05, 3.63) is 34.3 Å². The molecule has 1 aliphatic heterocycles. The predicted molar refractivity (Wildman–Crippen MR) is 97.6 cm³/mol. The van der Waals surface area contributed by atoms with Crippen LogP contribution in [0.3, 0.4) is 0 Å². The van der Waals surface area contributed by atoms with E-state index in [4.69, 9.17) is 11.6 Å². The Bertz CT molecular complexity index is 504. The van der Waals surface area contributed by atoms with Gasteiger partial charge in [0.15, 0.2) is 0 Å². The molecule has 140 valence electrons. The number of hydrogen-bond acceptors (Lipinski definition) is 2. The van der Waals surface area contributed by atoms with Crippen LogP contribution in [0.2, 0.25) is 5.02 Å². The fourth-order valence-corrected chi connectivity index (χ4v) is 3.15. The van der Waals surface area contributed by atoms with Crippen molar-refractivity contribution in [2.45, 2.75) is 32.5 Å². The largest absolute Gasteiger partial charge is 0.416 e. The first-order chi connectivity index (χ1) is 10.3. The van der Waals surface area contributed by atoms with E-state index in [1.807, 2.05) is 0 Å². The number of piperazine rings is 1. The normalized spacial score (nSPS) is 17.1. The van der Waals surface area contributed by atoms with Crippen molar-refractivity contribution in [3.8, 4) is 0 Å². The van der Waals surface area contributed by atoms with Crippen LogP contribution in [0.5, 0.6) is 0 Å². The molecule has 1 heterocycles. The first kappa shape index (κ1) is 23.8. The summed E-state index contributed by atoms with van der Waals surface area (Å²) in [6.45, 7) is 7.58. The summed E-state index contributed by atoms with van der Waals surface area (Å²) < 4.78 is 39.1. The Labute approximate surface area is 158 Å². The van der Waals surface area contributed by atoms with Gasteiger partial charge in [-0.1, -0.05) is 25.4 Å². The van der Waals surface area contributed by atoms with Gasteiger partial charge in [-0.2, -0.15) is 13.2 Å². The summed E-state index contributed by atoms with van der Waals surface area (Å²) in [5.74, 6) is 0.396. The van der Waals surface area contributed by atoms with E-state index in [1.165, 1.54) is 6.07 Å². The van der Waals surface area contributed by atoms with Crippen LogP contribution < -0.4 is 5.32 Å². The molecule has 0 radical (unpaired) electrons. The average Bonchev–Trinajstić information content (AvgIpc) is 2.44. The quantitative estimate of drug-likeness (QED) is 0.738. The zero-order valence-corrected chi connectivity index (χ0v) is 16.1. The summed E-state index contributed by atoms with van der Waals surface area (Å²) in [6.07, 6.45) is -3.55. The number of benzene rings is 1. The highest BCUT2D eigenvalue weighted by atomic mass is 35.5. The summed E-state index contributed by atoms with van der Waals surface area (Å²) in [5.41, 5.74) is -0.00526. The van der Waals surface area contributed by atoms with E-state index >= 15 is 0 Å². The van der Waals surface area contributed by atoms with Crippen molar-refractivity contribution in [2.24, 2.45) is 5.92 Å². The molecule has 0 saturated carbocycles. The van der Waals surface area contributed by atoms with E-state index < -0.39 is 11.7 Å². The fraction of sp³-hybridized carbons (Fsp3) is 0.625. The highest BCUT2D eigenvalue weighted by Gasteiger charge is 2.32. The smallest absolute Gasteiger partial charge is 0.314 e. The molecular weight excluding hydrogens is 384 g/mol. The SMILES string of the molecule is CC(C)C[C@H](c1cc(Cl)cc(C(F)(F)F)c1)N1CCNCC1.Cl.Cl. The summed E-state index contributed by atoms with van der Waals surface area (Å²) in [4.78, 5) is 2.25. The third kappa shape index (κ3) is 6.60. The Hall–Kier alpha value is -0.200. The molecule has 1 N–H and O–H groups in total. The Morgan fingerprint density at radius 2 is 1.71 bits per heavy atom. The second kappa shape index (κ2) is 10.1. The molecule has 1 saturated heterocycles. The van der Waals surface area contributed by atoms with E-state index in [0.717, 1.165) is 38.7 Å². The van der Waals surface area contributed by atoms with Gasteiger partial charge in [0.05, 0.1) is 5.56 Å². The molecule has 0 amide bonds. The highest BCUT2D eigenvalue weighted by Crippen LogP contribution is 2.36. The number of hydrogen-bond donors (Lipinski definition) is 1. The zero-order valence-electron chi connectivity index (χ0n) is 13.7. The van der Waals surface area contributed by atoms with Gasteiger partial charge in [0, 0.05) is 37.2 Å². The molecule has 1 aromatic rings. The van der Waals surface area contributed by atoms with Crippen molar-refractivity contribution in [1.29, 1.82) is 0 Å². The van der Waals surface area contributed by atoms with E-state index in [-0.39, 0.29) is 35.9 Å². The predicted octanol–water partition coefficient (Wildman–Crippen LogP) is 5.19. The second-order valence-electron chi connectivity index (χ2n) is 6.20. The average molecular weight is 408 g/mol. The van der Waals surface area contributed by atoms with Crippen LogP contribution in [-0.2, 0) is 6.18 Å². The van der Waals surface area contributed by atoms with Gasteiger partial charge in [-0.05, 0) is 36.1 Å². The van der Waals surface area contributed by atoms with Crippen LogP contribution >= 0.6 is 36.4 Å². The Morgan fingerprint density at radius 3 is 2.21 bits per heavy atom. The number of rotatable bonds is 4. The fourth-order valence-electron chi connectivity index (χ4n) is 2.90. The van der Waals surface area contributed by atoms with Crippen LogP contribution in [0.15, 0.2) is 18.2 Å². The molecule has 1 aromatic carbocycles. The zero-order chi connectivity index (χ0) is 16.3. The lowest BCUT2D eigenvalue weighted by atomic mass is 9.93. The number of halogens is 6. The summed E-state index contributed by atoms with van der Waals surface area (Å²) >= 11 is 5.94. The van der Waals surface area contributed by atoms with Gasteiger partial charge >= 0.3 is 6.18 Å². The molecule has 2 nitrogen and oxygen atoms in total. The third-order valence-corrected chi connectivity index (χ3v) is 4.14. The number of nitrogens with one attached hydrogen (secondary N) is 1. The molecule has 1 fully saturated rings. The molecule has 1 atom stereocenters. The molecular formula is C16H24Cl3F3N2. The number of alkyl halides is 3. The van der Waals surface area contributed by atoms with E-state index in [2.05, 4.69) is 24.1 Å². The minimum atomic E-state index is -4.37. The van der Waals surface area contributed by atoms with Crippen molar-refractivity contribution in [1.82, 2.24) is 10.2 Å². The molecule has 8 heteroatoms. The minimum absolute atomic E-state index is 0. The van der Waals surface area contributed by atoms with Gasteiger partial charge in [-0.25, -0.2) is 0 Å². The second-order valence-corrected chi connectivity index (χ2v) is 6.64. The third-order valence-electron chi connectivity index (χ3n) is 3.92. The lowest BCUT2D eigenvalue weighted by Crippen LogP contribution is -2.45. The molecule has 0 unspecified atom stereocenters. The summed E-state index contributed by atoms with van der Waals surface area (Å²) in [5, 5.41) is 3.42. The first-order valence-corrected chi connectivity index (χ1v) is 7.97. The van der Waals surface area contributed by atoms with E-state index in [9.17, 15) is 13.2 Å². The van der Waals surface area contributed by atoms with Crippen molar-refractivity contribution in [3.63, 3.8) is 0 Å². The summed E-state index contributed by atoms with van der Waals surface area (Å²) in [7, 11) is 0. The van der Waals surface area contributed by atoms with Gasteiger partial charge in [-0.3, -0.25) is 4.90 Å². The van der Waals surface area contributed by atoms with Gasteiger partial charge in [0.25, 0.3) is 0 Å². The summed E-state index contributed by atoms with van der Waals surface area (Å²) in [6, 6.07) is 3.89. The maximum absolute atomic E-state index is 13.0. The van der Waals surface area contributed by atoms with Crippen LogP contribution in [-0.4, -0.2) is 31.1 Å². The van der Waals surface area contributed by atoms with Crippen LogP contribution in [0.25, 0.3) is 0 Å². The van der Waals surface area contributed by atoms with Crippen LogP contribution in [0.4, 0.5) is 13.2 Å². The lowest BCUT2D eigenvalue weighted by Gasteiger charge is -2.36. The van der Waals surface area contributed by atoms with Gasteiger partial charge < -0.3 is 5.32 Å². The monoisotopic (exact) mass is 406 g/mol. The molecule has 0 aliphatic carbocycles. The lowest BCUT2D eigenvalue weighted by molar-refractivity contribution is -0.137. The molecule has 1 aliphatic rings. The van der Waals surface area contributed by atoms with E-state index in [0.29, 0.717) is 11.5 Å². The first-order valence-electron chi connectivity index (χ1n) is 7.60. The molecule has 0 bridgehead atoms. The standard InChI is InChI=1S/C16H22ClF3N2.2ClH/c1-11(2)7-15(22-5-3-21-4-6-22)12-8-13(16(18,19)20)10-14(17)9-12;;/h8-11,15,21H,3-7H2,1-2H3;2*1H/t15-;;/m1../s1. The molecule has 2 rings (SSSR count). The Kier molecular flexibility index (Phi) is 9.99. The molecule has 0 spiro atoms. The van der Waals surface area contributed by atoms with Gasteiger partial charge in [0.1, 0.15) is 0 Å². The van der Waals surface area contributed by atoms with Gasteiger partial charge in [0.2, 0.25) is 0 Å². The van der Waals surface area contributed by atoms with E-state index in [1.54, 1.807) is 6.07 Å².